The first-order chi connectivity index (χ1) is 8.99. The van der Waals surface area contributed by atoms with E-state index in [1.54, 1.807) is 13.0 Å². The number of fused-ring (bicyclic) bond motifs is 1. The lowest BCUT2D eigenvalue weighted by molar-refractivity contribution is -0.148. The maximum atomic E-state index is 12.4. The Bertz CT molecular complexity index is 513. The van der Waals surface area contributed by atoms with Gasteiger partial charge in [0.25, 0.3) is 0 Å². The van der Waals surface area contributed by atoms with E-state index in [9.17, 15) is 9.59 Å². The summed E-state index contributed by atoms with van der Waals surface area (Å²) >= 11 is 3.40. The number of rotatable bonds is 2. The van der Waals surface area contributed by atoms with Crippen LogP contribution < -0.4 is 5.73 Å². The molecule has 0 saturated carbocycles. The number of benzene rings is 1. The Morgan fingerprint density at radius 2 is 2.26 bits per heavy atom. The van der Waals surface area contributed by atoms with Crippen molar-refractivity contribution >= 4 is 27.7 Å². The van der Waals surface area contributed by atoms with Crippen molar-refractivity contribution in [3.8, 4) is 0 Å². The molecule has 5 heteroatoms. The van der Waals surface area contributed by atoms with Crippen LogP contribution in [-0.2, 0) is 16.0 Å². The Kier molecular flexibility index (Phi) is 4.37. The number of Topliss-reactive ketones (excluding diaryl/α,β-unsaturated/α-hetero) is 1. The SMILES string of the molecule is C[C@H](N)C(=O)OC1CCCc2cc(Br)ccc2C1=O. The highest BCUT2D eigenvalue weighted by atomic mass is 79.9. The van der Waals surface area contributed by atoms with Gasteiger partial charge >= 0.3 is 5.97 Å². The van der Waals surface area contributed by atoms with Crippen LogP contribution in [0.5, 0.6) is 0 Å². The van der Waals surface area contributed by atoms with E-state index in [0.717, 1.165) is 22.9 Å². The number of hydrogen-bond acceptors (Lipinski definition) is 4. The first-order valence-corrected chi connectivity index (χ1v) is 7.07. The van der Waals surface area contributed by atoms with Crippen LogP contribution in [-0.4, -0.2) is 23.9 Å². The first kappa shape index (κ1) is 14.2. The first-order valence-electron chi connectivity index (χ1n) is 6.27. The van der Waals surface area contributed by atoms with E-state index in [1.165, 1.54) is 0 Å². The van der Waals surface area contributed by atoms with E-state index in [-0.39, 0.29) is 5.78 Å². The third-order valence-corrected chi connectivity index (χ3v) is 3.66. The molecule has 102 valence electrons. The van der Waals surface area contributed by atoms with Crippen LogP contribution in [0.2, 0.25) is 0 Å². The van der Waals surface area contributed by atoms with Crippen LogP contribution in [0.25, 0.3) is 0 Å². The molecule has 0 radical (unpaired) electrons. The van der Waals surface area contributed by atoms with Crippen LogP contribution in [0.1, 0.15) is 35.7 Å². The number of ether oxygens (including phenoxy) is 1. The van der Waals surface area contributed by atoms with Crippen LogP contribution in [0, 0.1) is 0 Å². The van der Waals surface area contributed by atoms with Gasteiger partial charge in [0.15, 0.2) is 6.10 Å². The smallest absolute Gasteiger partial charge is 0.323 e. The van der Waals surface area contributed by atoms with Gasteiger partial charge in [-0.05, 0) is 49.9 Å². The second-order valence-corrected chi connectivity index (χ2v) is 5.69. The number of esters is 1. The molecule has 0 fully saturated rings. The van der Waals surface area contributed by atoms with E-state index < -0.39 is 18.1 Å². The predicted molar refractivity (Wildman–Crippen MR) is 74.9 cm³/mol. The largest absolute Gasteiger partial charge is 0.453 e. The molecule has 0 aliphatic heterocycles. The van der Waals surface area contributed by atoms with Gasteiger partial charge in [-0.1, -0.05) is 15.9 Å². The zero-order chi connectivity index (χ0) is 14.0. The minimum atomic E-state index is -0.708. The molecule has 1 aromatic carbocycles. The molecule has 2 rings (SSSR count). The number of halogens is 1. The van der Waals surface area contributed by atoms with Crippen molar-refractivity contribution in [3.05, 3.63) is 33.8 Å². The lowest BCUT2D eigenvalue weighted by atomic mass is 10.0. The monoisotopic (exact) mass is 325 g/mol. The Labute approximate surface area is 120 Å². The van der Waals surface area contributed by atoms with Crippen LogP contribution in [0.3, 0.4) is 0 Å². The molecule has 2 atom stereocenters. The molecule has 1 aliphatic rings. The summed E-state index contributed by atoms with van der Waals surface area (Å²) in [4.78, 5) is 23.9. The van der Waals surface area contributed by atoms with E-state index in [1.807, 2.05) is 12.1 Å². The molecule has 4 nitrogen and oxygen atoms in total. The summed E-state index contributed by atoms with van der Waals surface area (Å²) in [6.45, 7) is 1.55. The van der Waals surface area contributed by atoms with Crippen molar-refractivity contribution in [1.82, 2.24) is 0 Å². The predicted octanol–water partition coefficient (Wildman–Crippen LogP) is 2.23. The zero-order valence-electron chi connectivity index (χ0n) is 10.7. The molecule has 2 N–H and O–H groups in total. The average molecular weight is 326 g/mol. The van der Waals surface area contributed by atoms with Gasteiger partial charge < -0.3 is 10.5 Å². The Hall–Kier alpha value is -1.20. The molecule has 0 saturated heterocycles. The van der Waals surface area contributed by atoms with Gasteiger partial charge in [0, 0.05) is 10.0 Å². The van der Waals surface area contributed by atoms with Gasteiger partial charge in [0.1, 0.15) is 6.04 Å². The van der Waals surface area contributed by atoms with E-state index in [0.29, 0.717) is 12.0 Å². The molecule has 19 heavy (non-hydrogen) atoms. The number of carbonyl (C=O) groups is 2. The van der Waals surface area contributed by atoms with Crippen molar-refractivity contribution in [3.63, 3.8) is 0 Å². The van der Waals surface area contributed by atoms with Gasteiger partial charge in [-0.25, -0.2) is 0 Å². The highest BCUT2D eigenvalue weighted by Gasteiger charge is 2.29. The summed E-state index contributed by atoms with van der Waals surface area (Å²) in [5.41, 5.74) is 7.10. The van der Waals surface area contributed by atoms with E-state index in [2.05, 4.69) is 15.9 Å². The van der Waals surface area contributed by atoms with Gasteiger partial charge in [-0.2, -0.15) is 0 Å². The average Bonchev–Trinajstić information content (AvgIpc) is 2.50. The number of carbonyl (C=O) groups excluding carboxylic acids is 2. The molecular formula is C14H16BrNO3. The Balaban J connectivity index is 2.24. The van der Waals surface area contributed by atoms with Gasteiger partial charge in [0.05, 0.1) is 0 Å². The topological polar surface area (TPSA) is 69.4 Å². The van der Waals surface area contributed by atoms with E-state index in [4.69, 9.17) is 10.5 Å². The number of hydrogen-bond donors (Lipinski definition) is 1. The highest BCUT2D eigenvalue weighted by molar-refractivity contribution is 9.10. The van der Waals surface area contributed by atoms with Gasteiger partial charge in [-0.3, -0.25) is 9.59 Å². The Morgan fingerprint density at radius 1 is 1.53 bits per heavy atom. The molecule has 1 aromatic rings. The fourth-order valence-corrected chi connectivity index (χ4v) is 2.56. The maximum absolute atomic E-state index is 12.4. The molecule has 1 aliphatic carbocycles. The van der Waals surface area contributed by atoms with Crippen molar-refractivity contribution in [2.24, 2.45) is 5.73 Å². The van der Waals surface area contributed by atoms with E-state index >= 15 is 0 Å². The summed E-state index contributed by atoms with van der Waals surface area (Å²) in [7, 11) is 0. The van der Waals surface area contributed by atoms with Crippen LogP contribution in [0.15, 0.2) is 22.7 Å². The minimum Gasteiger partial charge on any atom is -0.453 e. The molecule has 0 amide bonds. The molecule has 0 bridgehead atoms. The lowest BCUT2D eigenvalue weighted by Crippen LogP contribution is -2.35. The minimum absolute atomic E-state index is 0.131. The second-order valence-electron chi connectivity index (χ2n) is 4.77. The van der Waals surface area contributed by atoms with Gasteiger partial charge in [0.2, 0.25) is 5.78 Å². The number of aryl methyl sites for hydroxylation is 1. The molecule has 0 spiro atoms. The molecule has 1 unspecified atom stereocenters. The van der Waals surface area contributed by atoms with Crippen molar-refractivity contribution < 1.29 is 14.3 Å². The van der Waals surface area contributed by atoms with Crippen LogP contribution in [0.4, 0.5) is 0 Å². The molecule has 0 heterocycles. The molecule has 0 aromatic heterocycles. The third-order valence-electron chi connectivity index (χ3n) is 3.17. The lowest BCUT2D eigenvalue weighted by Gasteiger charge is -2.16. The quantitative estimate of drug-likeness (QED) is 0.668. The second kappa shape index (κ2) is 5.84. The third kappa shape index (κ3) is 3.22. The summed E-state index contributed by atoms with van der Waals surface area (Å²) in [5.74, 6) is -0.659. The van der Waals surface area contributed by atoms with Crippen molar-refractivity contribution in [1.29, 1.82) is 0 Å². The fourth-order valence-electron chi connectivity index (χ4n) is 2.15. The number of ketones is 1. The van der Waals surface area contributed by atoms with Crippen LogP contribution >= 0.6 is 15.9 Å². The summed E-state index contributed by atoms with van der Waals surface area (Å²) in [6, 6.07) is 4.84. The van der Waals surface area contributed by atoms with Crippen molar-refractivity contribution in [2.75, 3.05) is 0 Å². The fraction of sp³-hybridized carbons (Fsp3) is 0.429. The summed E-state index contributed by atoms with van der Waals surface area (Å²) in [5, 5.41) is 0. The number of nitrogens with two attached hydrogens (primary N) is 1. The zero-order valence-corrected chi connectivity index (χ0v) is 12.3. The normalized spacial score (nSPS) is 20.4. The summed E-state index contributed by atoms with van der Waals surface area (Å²) < 4.78 is 6.16. The summed E-state index contributed by atoms with van der Waals surface area (Å²) in [6.07, 6.45) is 1.46. The molecular weight excluding hydrogens is 310 g/mol. The highest BCUT2D eigenvalue weighted by Crippen LogP contribution is 2.25. The maximum Gasteiger partial charge on any atom is 0.323 e. The standard InChI is InChI=1S/C14H16BrNO3/c1-8(16)14(18)19-12-4-2-3-9-7-10(15)5-6-11(9)13(12)17/h5-8,12H,2-4,16H2,1H3/t8-,12?/m0/s1. The van der Waals surface area contributed by atoms with Gasteiger partial charge in [-0.15, -0.1) is 0 Å². The van der Waals surface area contributed by atoms with Crippen molar-refractivity contribution in [2.45, 2.75) is 38.3 Å². The Morgan fingerprint density at radius 3 is 2.95 bits per heavy atom.